The van der Waals surface area contributed by atoms with Gasteiger partial charge in [0.25, 0.3) is 0 Å². The summed E-state index contributed by atoms with van der Waals surface area (Å²) in [6.45, 7) is 2.67. The summed E-state index contributed by atoms with van der Waals surface area (Å²) in [6.07, 6.45) is 6.94. The summed E-state index contributed by atoms with van der Waals surface area (Å²) in [7, 11) is 4.08. The number of carbonyl (C=O) groups is 1. The number of halogens is 2. The van der Waals surface area contributed by atoms with Gasteiger partial charge >= 0.3 is 0 Å². The van der Waals surface area contributed by atoms with Crippen LogP contribution in [0.25, 0.3) is 0 Å². The van der Waals surface area contributed by atoms with Crippen molar-refractivity contribution in [3.63, 3.8) is 0 Å². The largest absolute Gasteiger partial charge is 0.355 e. The van der Waals surface area contributed by atoms with Crippen LogP contribution in [0.4, 0.5) is 0 Å². The van der Waals surface area contributed by atoms with Crippen LogP contribution in [0.15, 0.2) is 0 Å². The van der Waals surface area contributed by atoms with E-state index in [1.165, 1.54) is 25.7 Å². The van der Waals surface area contributed by atoms with E-state index in [0.29, 0.717) is 6.42 Å². The second-order valence-electron chi connectivity index (χ2n) is 4.98. The van der Waals surface area contributed by atoms with Gasteiger partial charge in [0.2, 0.25) is 5.91 Å². The molecule has 0 aliphatic heterocycles. The highest BCUT2D eigenvalue weighted by Crippen LogP contribution is 2.21. The number of carbonyl (C=O) groups excluding carboxylic acids is 1. The topological polar surface area (TPSA) is 44.4 Å². The Kier molecular flexibility index (Phi) is 14.5. The summed E-state index contributed by atoms with van der Waals surface area (Å²) in [5, 5.41) is 6.03. The van der Waals surface area contributed by atoms with Crippen LogP contribution in [0.2, 0.25) is 0 Å². The fourth-order valence-corrected chi connectivity index (χ4v) is 2.41. The molecule has 19 heavy (non-hydrogen) atoms. The van der Waals surface area contributed by atoms with Gasteiger partial charge in [-0.05, 0) is 39.9 Å². The van der Waals surface area contributed by atoms with Crippen LogP contribution in [-0.4, -0.2) is 50.6 Å². The lowest BCUT2D eigenvalue weighted by atomic mass is 10.2. The number of nitrogens with zero attached hydrogens (tertiary/aromatic N) is 1. The molecule has 0 heterocycles. The van der Waals surface area contributed by atoms with Crippen LogP contribution in [0.3, 0.4) is 0 Å². The third-order valence-electron chi connectivity index (χ3n) is 3.57. The molecular weight excluding hydrogens is 285 g/mol. The van der Waals surface area contributed by atoms with Gasteiger partial charge in [-0.3, -0.25) is 4.79 Å². The van der Waals surface area contributed by atoms with E-state index in [9.17, 15) is 4.79 Å². The van der Waals surface area contributed by atoms with Gasteiger partial charge in [-0.1, -0.05) is 12.8 Å². The van der Waals surface area contributed by atoms with E-state index in [2.05, 4.69) is 22.6 Å². The van der Waals surface area contributed by atoms with Crippen LogP contribution in [0, 0.1) is 0 Å². The maximum Gasteiger partial charge on any atom is 0.220 e. The van der Waals surface area contributed by atoms with Crippen molar-refractivity contribution < 1.29 is 4.79 Å². The van der Waals surface area contributed by atoms with Crippen LogP contribution < -0.4 is 10.6 Å². The molecule has 0 aromatic rings. The molecular formula is C13H29Cl2N3O. The molecule has 116 valence electrons. The van der Waals surface area contributed by atoms with Crippen molar-refractivity contribution in [2.75, 3.05) is 33.7 Å². The van der Waals surface area contributed by atoms with E-state index < -0.39 is 0 Å². The van der Waals surface area contributed by atoms with Crippen molar-refractivity contribution in [1.82, 2.24) is 15.5 Å². The van der Waals surface area contributed by atoms with Crippen molar-refractivity contribution in [2.24, 2.45) is 0 Å². The van der Waals surface area contributed by atoms with Crippen molar-refractivity contribution in [3.05, 3.63) is 0 Å². The van der Waals surface area contributed by atoms with E-state index in [1.807, 2.05) is 7.05 Å². The molecule has 6 heteroatoms. The van der Waals surface area contributed by atoms with Gasteiger partial charge in [-0.2, -0.15) is 0 Å². The quantitative estimate of drug-likeness (QED) is 0.672. The molecule has 0 atom stereocenters. The first-order chi connectivity index (χ1) is 8.24. The Morgan fingerprint density at radius 3 is 2.42 bits per heavy atom. The molecule has 1 rings (SSSR count). The molecule has 0 spiro atoms. The highest BCUT2D eigenvalue weighted by Gasteiger charge is 2.18. The summed E-state index contributed by atoms with van der Waals surface area (Å²) in [4.78, 5) is 13.9. The molecule has 0 bridgehead atoms. The lowest BCUT2D eigenvalue weighted by Crippen LogP contribution is -2.37. The number of hydrogen-bond acceptors (Lipinski definition) is 3. The van der Waals surface area contributed by atoms with Gasteiger partial charge in [0.1, 0.15) is 0 Å². The predicted octanol–water partition coefficient (Wildman–Crippen LogP) is 1.82. The molecule has 1 fully saturated rings. The number of hydrogen-bond donors (Lipinski definition) is 2. The van der Waals surface area contributed by atoms with Crippen molar-refractivity contribution in [1.29, 1.82) is 0 Å². The Balaban J connectivity index is 0. The summed E-state index contributed by atoms with van der Waals surface area (Å²) in [5.74, 6) is 0.181. The van der Waals surface area contributed by atoms with E-state index >= 15 is 0 Å². The van der Waals surface area contributed by atoms with Crippen molar-refractivity contribution in [3.8, 4) is 0 Å². The lowest BCUT2D eigenvalue weighted by molar-refractivity contribution is -0.121. The SMILES string of the molecule is CNCCCC(=O)NCCN(C)C1CCCC1.Cl.Cl. The molecule has 1 aliphatic rings. The monoisotopic (exact) mass is 313 g/mol. The van der Waals surface area contributed by atoms with Crippen LogP contribution in [-0.2, 0) is 4.79 Å². The first kappa shape index (κ1) is 21.3. The third-order valence-corrected chi connectivity index (χ3v) is 3.57. The van der Waals surface area contributed by atoms with E-state index in [4.69, 9.17) is 0 Å². The summed E-state index contributed by atoms with van der Waals surface area (Å²) >= 11 is 0. The minimum absolute atomic E-state index is 0. The number of amides is 1. The van der Waals surface area contributed by atoms with Crippen LogP contribution in [0.5, 0.6) is 0 Å². The third kappa shape index (κ3) is 9.50. The van der Waals surface area contributed by atoms with Crippen LogP contribution in [0.1, 0.15) is 38.5 Å². The molecule has 0 radical (unpaired) electrons. The standard InChI is InChI=1S/C13H27N3O.2ClH/c1-14-9-5-8-13(17)15-10-11-16(2)12-6-3-4-7-12;;/h12,14H,3-11H2,1-2H3,(H,15,17);2*1H. The average molecular weight is 314 g/mol. The molecule has 1 amide bonds. The summed E-state index contributed by atoms with van der Waals surface area (Å²) in [5.41, 5.74) is 0. The minimum atomic E-state index is 0. The van der Waals surface area contributed by atoms with Gasteiger partial charge in [-0.15, -0.1) is 24.8 Å². The Bertz CT molecular complexity index is 224. The molecule has 4 nitrogen and oxygen atoms in total. The molecule has 0 saturated heterocycles. The second-order valence-corrected chi connectivity index (χ2v) is 4.98. The van der Waals surface area contributed by atoms with Gasteiger partial charge in [0.05, 0.1) is 0 Å². The number of nitrogens with one attached hydrogen (secondary N) is 2. The highest BCUT2D eigenvalue weighted by atomic mass is 35.5. The molecule has 1 saturated carbocycles. The van der Waals surface area contributed by atoms with Gasteiger partial charge in [0.15, 0.2) is 0 Å². The van der Waals surface area contributed by atoms with E-state index in [0.717, 1.165) is 32.1 Å². The van der Waals surface area contributed by atoms with Crippen LogP contribution >= 0.6 is 24.8 Å². The van der Waals surface area contributed by atoms with Crippen molar-refractivity contribution in [2.45, 2.75) is 44.6 Å². The predicted molar refractivity (Wildman–Crippen MR) is 85.6 cm³/mol. The maximum atomic E-state index is 11.5. The normalized spacial score (nSPS) is 14.9. The first-order valence-electron chi connectivity index (χ1n) is 6.85. The summed E-state index contributed by atoms with van der Waals surface area (Å²) < 4.78 is 0. The average Bonchev–Trinajstić information content (AvgIpc) is 2.82. The Morgan fingerprint density at radius 1 is 1.21 bits per heavy atom. The van der Waals surface area contributed by atoms with Crippen molar-refractivity contribution >= 4 is 30.7 Å². The Morgan fingerprint density at radius 2 is 1.84 bits per heavy atom. The van der Waals surface area contributed by atoms with Gasteiger partial charge in [0, 0.05) is 25.6 Å². The Hall–Kier alpha value is -0.0300. The lowest BCUT2D eigenvalue weighted by Gasteiger charge is -2.23. The summed E-state index contributed by atoms with van der Waals surface area (Å²) in [6, 6.07) is 0.746. The molecule has 2 N–H and O–H groups in total. The first-order valence-corrected chi connectivity index (χ1v) is 6.85. The molecule has 0 aromatic heterocycles. The second kappa shape index (κ2) is 13.0. The zero-order chi connectivity index (χ0) is 12.5. The number of likely N-dealkylation sites (N-methyl/N-ethyl adjacent to an activating group) is 1. The molecule has 0 aromatic carbocycles. The maximum absolute atomic E-state index is 11.5. The minimum Gasteiger partial charge on any atom is -0.355 e. The Labute approximate surface area is 129 Å². The zero-order valence-corrected chi connectivity index (χ0v) is 13.7. The van der Waals surface area contributed by atoms with Gasteiger partial charge in [-0.25, -0.2) is 0 Å². The molecule has 1 aliphatic carbocycles. The number of rotatable bonds is 8. The fourth-order valence-electron chi connectivity index (χ4n) is 2.41. The molecule has 0 unspecified atom stereocenters. The van der Waals surface area contributed by atoms with Gasteiger partial charge < -0.3 is 15.5 Å². The highest BCUT2D eigenvalue weighted by molar-refractivity contribution is 5.85. The van der Waals surface area contributed by atoms with E-state index in [1.54, 1.807) is 0 Å². The van der Waals surface area contributed by atoms with E-state index in [-0.39, 0.29) is 30.7 Å². The fraction of sp³-hybridized carbons (Fsp3) is 0.923. The zero-order valence-electron chi connectivity index (χ0n) is 12.1. The smallest absolute Gasteiger partial charge is 0.220 e.